The van der Waals surface area contributed by atoms with Crippen LogP contribution in [0.4, 0.5) is 5.82 Å². The van der Waals surface area contributed by atoms with Gasteiger partial charge in [-0.15, -0.1) is 10.3 Å². The van der Waals surface area contributed by atoms with Crippen LogP contribution in [0.3, 0.4) is 0 Å². The number of hydroxylamine groups is 2. The third kappa shape index (κ3) is 15.8. The number of aryl methyl sites for hydroxylation is 1. The maximum Gasteiger partial charge on any atom is 0.470 e. The highest BCUT2D eigenvalue weighted by Gasteiger charge is 2.55. The second-order valence-corrected chi connectivity index (χ2v) is 17.1. The highest BCUT2D eigenvalue weighted by atomic mass is 31.2. The van der Waals surface area contributed by atoms with E-state index in [0.29, 0.717) is 64.6 Å². The average Bonchev–Trinajstić information content (AvgIpc) is 3.50. The standard InChI is InChI=1S/C32H57N6O18P2/c1-31(2)18-22(32(3,4)38(31)43)28(41)35-9-11-51-13-15-53-17-16-52-14-12-50-10-7-24(39)34-8-5-6-21-19-37(30(42)36-27(21)33)29-25(40)26(56-58(47,48)49)23(55-29)20-54-57(44,45)46/h19,22-23,25-26,29,40H,5-18,20H2,1-4H3,(H,34,39)(H,35,41)(H2,33,36,42)(H2,44,45,46)(H2,47,48,49)/t22?,23-,25+,26?,29-/m1/s1. The Bertz CT molecular complexity index is 1640. The van der Waals surface area contributed by atoms with Gasteiger partial charge in [0.2, 0.25) is 11.8 Å². The van der Waals surface area contributed by atoms with E-state index >= 15 is 0 Å². The van der Waals surface area contributed by atoms with E-state index in [-0.39, 0.29) is 50.2 Å². The molecule has 0 aliphatic carbocycles. The number of rotatable bonds is 26. The first kappa shape index (κ1) is 49.9. The van der Waals surface area contributed by atoms with E-state index in [1.54, 1.807) is 13.8 Å². The molecule has 2 fully saturated rings. The van der Waals surface area contributed by atoms with Crippen LogP contribution in [0.5, 0.6) is 0 Å². The Morgan fingerprint density at radius 3 is 2.07 bits per heavy atom. The van der Waals surface area contributed by atoms with Crippen LogP contribution >= 0.6 is 15.6 Å². The van der Waals surface area contributed by atoms with Gasteiger partial charge in [0, 0.05) is 36.8 Å². The van der Waals surface area contributed by atoms with E-state index in [2.05, 4.69) is 24.7 Å². The Morgan fingerprint density at radius 2 is 1.52 bits per heavy atom. The highest BCUT2D eigenvalue weighted by molar-refractivity contribution is 7.46. The number of nitrogen functional groups attached to an aromatic ring is 1. The molecule has 1 aromatic rings. The Kier molecular flexibility index (Phi) is 19.3. The van der Waals surface area contributed by atoms with Crippen molar-refractivity contribution >= 4 is 33.3 Å². The van der Waals surface area contributed by atoms with Gasteiger partial charge in [-0.25, -0.2) is 13.9 Å². The van der Waals surface area contributed by atoms with Crippen LogP contribution in [0.2, 0.25) is 0 Å². The number of nitrogens with two attached hydrogens (primary N) is 1. The number of hydrogen-bond donors (Lipinski definition) is 8. The maximum atomic E-state index is 12.6. The predicted octanol–water partition coefficient (Wildman–Crippen LogP) is -1.48. The lowest BCUT2D eigenvalue weighted by Gasteiger charge is -2.33. The van der Waals surface area contributed by atoms with Crippen molar-refractivity contribution in [3.05, 3.63) is 22.2 Å². The minimum absolute atomic E-state index is 0.0819. The van der Waals surface area contributed by atoms with Crippen LogP contribution in [-0.2, 0) is 63.1 Å². The quantitative estimate of drug-likeness (QED) is 0.0388. The Labute approximate surface area is 335 Å². The zero-order chi connectivity index (χ0) is 43.3. The number of anilines is 1. The van der Waals surface area contributed by atoms with Gasteiger partial charge in [-0.3, -0.25) is 23.2 Å². The number of nitrogens with zero attached hydrogens (tertiary/aromatic N) is 3. The summed E-state index contributed by atoms with van der Waals surface area (Å²) < 4.78 is 59.6. The number of phosphoric acid groups is 2. The summed E-state index contributed by atoms with van der Waals surface area (Å²) in [5, 5.41) is 29.8. The van der Waals surface area contributed by atoms with E-state index in [9.17, 15) is 43.6 Å². The number of aliphatic hydroxyl groups is 1. The first-order chi connectivity index (χ1) is 27.0. The van der Waals surface area contributed by atoms with E-state index in [1.807, 2.05) is 13.8 Å². The minimum Gasteiger partial charge on any atom is -0.386 e. The van der Waals surface area contributed by atoms with Gasteiger partial charge >= 0.3 is 21.3 Å². The number of amides is 2. The molecule has 1 aromatic heterocycles. The number of aromatic nitrogens is 2. The van der Waals surface area contributed by atoms with Crippen molar-refractivity contribution in [1.82, 2.24) is 25.2 Å². The van der Waals surface area contributed by atoms with Crippen LogP contribution < -0.4 is 22.1 Å². The molecule has 3 heterocycles. The largest absolute Gasteiger partial charge is 0.470 e. The molecule has 2 aliphatic heterocycles. The first-order valence-electron chi connectivity index (χ1n) is 18.5. The molecule has 5 atom stereocenters. The summed E-state index contributed by atoms with van der Waals surface area (Å²) in [5.74, 6) is -0.995. The second-order valence-electron chi connectivity index (χ2n) is 14.7. The SMILES string of the molecule is CC1(C)CC(C(=O)NCCOCCOCCOCCOCCC(=O)NCCCc2cn([C@@H]3O[C@H](COP(=O)(O)O)C(OP(=O)(O)O)[C@@H]3O)c(=O)nc2N)C(C)(C)N1[O]. The summed E-state index contributed by atoms with van der Waals surface area (Å²) in [6.07, 6.45) is -4.72. The van der Waals surface area contributed by atoms with Gasteiger partial charge < -0.3 is 64.7 Å². The zero-order valence-electron chi connectivity index (χ0n) is 32.9. The fraction of sp³-hybridized carbons (Fsp3) is 0.812. The number of carbonyl (C=O) groups is 2. The molecule has 26 heteroatoms. The molecule has 333 valence electrons. The summed E-state index contributed by atoms with van der Waals surface area (Å²) in [6, 6.07) is 0. The van der Waals surface area contributed by atoms with Crippen LogP contribution in [0, 0.1) is 5.92 Å². The molecule has 2 saturated heterocycles. The van der Waals surface area contributed by atoms with Crippen LogP contribution in [0.25, 0.3) is 0 Å². The summed E-state index contributed by atoms with van der Waals surface area (Å²) in [6.45, 7) is 9.20. The highest BCUT2D eigenvalue weighted by Crippen LogP contribution is 2.46. The number of nitrogens with one attached hydrogen (secondary N) is 2. The van der Waals surface area contributed by atoms with Gasteiger partial charge in [0.1, 0.15) is 24.1 Å². The third-order valence-corrected chi connectivity index (χ3v) is 10.3. The Morgan fingerprint density at radius 1 is 0.931 bits per heavy atom. The van der Waals surface area contributed by atoms with E-state index in [4.69, 9.17) is 39.2 Å². The summed E-state index contributed by atoms with van der Waals surface area (Å²) in [4.78, 5) is 77.7. The molecule has 9 N–H and O–H groups in total. The molecule has 3 rings (SSSR count). The van der Waals surface area contributed by atoms with Crippen molar-refractivity contribution in [1.29, 1.82) is 0 Å². The number of ether oxygens (including phenoxy) is 5. The molecule has 2 aliphatic rings. The molecule has 0 spiro atoms. The van der Waals surface area contributed by atoms with Gasteiger partial charge in [-0.2, -0.15) is 4.98 Å². The average molecular weight is 876 g/mol. The lowest BCUT2D eigenvalue weighted by atomic mass is 9.86. The first-order valence-corrected chi connectivity index (χ1v) is 21.6. The van der Waals surface area contributed by atoms with Crippen molar-refractivity contribution in [2.45, 2.75) is 89.0 Å². The molecule has 0 saturated carbocycles. The number of aliphatic hydroxyl groups excluding tert-OH is 1. The van der Waals surface area contributed by atoms with Gasteiger partial charge in [0.05, 0.1) is 70.9 Å². The molecule has 0 aromatic carbocycles. The monoisotopic (exact) mass is 875 g/mol. The number of carbonyl (C=O) groups excluding carboxylic acids is 2. The lowest BCUT2D eigenvalue weighted by Crippen LogP contribution is -2.49. The van der Waals surface area contributed by atoms with Gasteiger partial charge in [-0.05, 0) is 47.0 Å². The minimum atomic E-state index is -5.24. The van der Waals surface area contributed by atoms with Crippen molar-refractivity contribution in [3.8, 4) is 0 Å². The van der Waals surface area contributed by atoms with Crippen LogP contribution in [0.1, 0.15) is 58.7 Å². The van der Waals surface area contributed by atoms with Crippen molar-refractivity contribution < 1.29 is 81.3 Å². The Hall–Kier alpha value is -2.48. The normalized spacial score (nSPS) is 23.3. The van der Waals surface area contributed by atoms with E-state index < -0.39 is 69.5 Å². The van der Waals surface area contributed by atoms with Crippen molar-refractivity contribution in [2.24, 2.45) is 5.92 Å². The van der Waals surface area contributed by atoms with Crippen LogP contribution in [-0.4, -0.2) is 153 Å². The molecule has 58 heavy (non-hydrogen) atoms. The fourth-order valence-electron chi connectivity index (χ4n) is 6.50. The van der Waals surface area contributed by atoms with Crippen molar-refractivity contribution in [2.75, 3.05) is 78.3 Å². The Balaban J connectivity index is 1.23. The molecular formula is C32H57N6O18P2. The number of hydrogen-bond acceptors (Lipinski definition) is 16. The second kappa shape index (κ2) is 22.4. The van der Waals surface area contributed by atoms with Crippen LogP contribution in [0.15, 0.2) is 11.0 Å². The third-order valence-electron chi connectivity index (χ3n) is 9.34. The summed E-state index contributed by atoms with van der Waals surface area (Å²) in [7, 11) is -10.3. The molecule has 1 radical (unpaired) electrons. The van der Waals surface area contributed by atoms with E-state index in [0.717, 1.165) is 9.63 Å². The molecule has 0 bridgehead atoms. The topological polar surface area (TPSA) is 342 Å². The zero-order valence-corrected chi connectivity index (χ0v) is 34.7. The molecule has 24 nitrogen and oxygen atoms in total. The summed E-state index contributed by atoms with van der Waals surface area (Å²) >= 11 is 0. The lowest BCUT2D eigenvalue weighted by molar-refractivity contribution is -0.247. The molecule has 2 amide bonds. The maximum absolute atomic E-state index is 12.6. The predicted molar refractivity (Wildman–Crippen MR) is 199 cm³/mol. The summed E-state index contributed by atoms with van der Waals surface area (Å²) in [5.41, 5.74) is 3.82. The van der Waals surface area contributed by atoms with Crippen molar-refractivity contribution in [3.63, 3.8) is 0 Å². The molecular weight excluding hydrogens is 818 g/mol. The van der Waals surface area contributed by atoms with Gasteiger partial charge in [0.25, 0.3) is 0 Å². The van der Waals surface area contributed by atoms with Gasteiger partial charge in [-0.1, -0.05) is 0 Å². The van der Waals surface area contributed by atoms with Gasteiger partial charge in [0.15, 0.2) is 6.23 Å². The van der Waals surface area contributed by atoms with E-state index in [1.165, 1.54) is 6.20 Å². The number of phosphoric ester groups is 2. The smallest absolute Gasteiger partial charge is 0.386 e. The molecule has 2 unspecified atom stereocenters. The fourth-order valence-corrected chi connectivity index (χ4v) is 7.42.